The lowest BCUT2D eigenvalue weighted by atomic mass is 10.1. The molecule has 34 heavy (non-hydrogen) atoms. The van der Waals surface area contributed by atoms with Crippen LogP contribution in [0.4, 0.5) is 9.80 Å². The average molecular weight is 506 g/mol. The minimum absolute atomic E-state index is 0.151. The van der Waals surface area contributed by atoms with Gasteiger partial charge < -0.3 is 20.1 Å². The van der Waals surface area contributed by atoms with Gasteiger partial charge in [0.2, 0.25) is 0 Å². The Kier molecular flexibility index (Phi) is 9.17. The average Bonchev–Trinajstić information content (AvgIpc) is 3.12. The highest BCUT2D eigenvalue weighted by Crippen LogP contribution is 2.24. The summed E-state index contributed by atoms with van der Waals surface area (Å²) in [5.74, 6) is -0.881. The maximum absolute atomic E-state index is 12.7. The second kappa shape index (κ2) is 11.4. The molecule has 184 valence electrons. The van der Waals surface area contributed by atoms with E-state index in [0.717, 1.165) is 4.88 Å². The molecule has 0 bridgehead atoms. The van der Waals surface area contributed by atoms with E-state index < -0.39 is 29.3 Å². The first-order valence-electron chi connectivity index (χ1n) is 10.7. The summed E-state index contributed by atoms with van der Waals surface area (Å²) in [6, 6.07) is 11.4. The fourth-order valence-electron chi connectivity index (χ4n) is 2.68. The molecule has 1 aromatic heterocycles. The molecule has 2 aromatic rings. The van der Waals surface area contributed by atoms with Gasteiger partial charge in [0.1, 0.15) is 17.2 Å². The molecule has 0 aliphatic rings. The van der Waals surface area contributed by atoms with Gasteiger partial charge in [-0.2, -0.15) is 0 Å². The van der Waals surface area contributed by atoms with Crippen molar-refractivity contribution in [2.45, 2.75) is 65.2 Å². The lowest BCUT2D eigenvalue weighted by Crippen LogP contribution is -2.47. The van der Waals surface area contributed by atoms with Gasteiger partial charge in [-0.3, -0.25) is 10.1 Å². The van der Waals surface area contributed by atoms with E-state index in [-0.39, 0.29) is 17.4 Å². The number of hydrogen-bond donors (Lipinski definition) is 3. The number of rotatable bonds is 6. The Hall–Kier alpha value is -2.98. The lowest BCUT2D eigenvalue weighted by Gasteiger charge is -2.26. The van der Waals surface area contributed by atoms with Gasteiger partial charge in [-0.25, -0.2) is 9.59 Å². The number of amides is 2. The predicted octanol–water partition coefficient (Wildman–Crippen LogP) is 4.65. The maximum atomic E-state index is 12.7. The number of hydrogen-bond acceptors (Lipinski definition) is 7. The first-order chi connectivity index (χ1) is 15.7. The summed E-state index contributed by atoms with van der Waals surface area (Å²) in [6.07, 6.45) is -0.507. The molecule has 0 spiro atoms. The summed E-state index contributed by atoms with van der Waals surface area (Å²) >= 11 is 6.57. The number of ether oxygens (including phenoxy) is 2. The second-order valence-corrected chi connectivity index (χ2v) is 11.1. The summed E-state index contributed by atoms with van der Waals surface area (Å²) in [6.45, 7) is 10.5. The molecule has 0 fully saturated rings. The number of thiophene rings is 1. The molecule has 0 unspecified atom stereocenters. The molecule has 0 aliphatic heterocycles. The van der Waals surface area contributed by atoms with Crippen LogP contribution in [0.25, 0.3) is 0 Å². The molecule has 0 aliphatic carbocycles. The van der Waals surface area contributed by atoms with E-state index in [0.29, 0.717) is 10.6 Å². The van der Waals surface area contributed by atoms with Crippen LogP contribution in [-0.4, -0.2) is 40.3 Å². The molecule has 2 rings (SSSR count). The second-order valence-electron chi connectivity index (χ2n) is 9.48. The monoisotopic (exact) mass is 505 g/mol. The number of nitrogens with one attached hydrogen (secondary N) is 3. The molecule has 10 heteroatoms. The minimum atomic E-state index is -0.940. The van der Waals surface area contributed by atoms with E-state index in [2.05, 4.69) is 16.0 Å². The van der Waals surface area contributed by atoms with E-state index in [1.807, 2.05) is 12.1 Å². The summed E-state index contributed by atoms with van der Waals surface area (Å²) in [5, 5.41) is 9.02. The first-order valence-corrected chi connectivity index (χ1v) is 11.9. The van der Waals surface area contributed by atoms with E-state index in [9.17, 15) is 14.4 Å². The third kappa shape index (κ3) is 9.88. The van der Waals surface area contributed by atoms with Gasteiger partial charge >= 0.3 is 12.1 Å². The molecule has 0 radical (unpaired) electrons. The van der Waals surface area contributed by atoms with Gasteiger partial charge in [0, 0.05) is 16.9 Å². The molecule has 0 saturated heterocycles. The molecular weight excluding hydrogens is 474 g/mol. The zero-order chi connectivity index (χ0) is 25.5. The number of thiocarbonyl (C=S) groups is 1. The molecule has 3 N–H and O–H groups in total. The SMILES string of the molecule is CC(C)(C)OC(=O)N[C@@H](Cc1ccc(NC(=S)NC(=O)c2ccccc2)s1)C(=O)OC(C)(C)C. The number of esters is 1. The standard InChI is InChI=1S/C24H31N3O5S2/c1-23(2,3)31-20(29)17(25-22(30)32-24(4,5)6)14-16-12-13-18(34-16)26-21(33)27-19(28)15-10-8-7-9-11-15/h7-13,17H,14H2,1-6H3,(H,25,30)(H2,26,27,28,33)/t17-/m0/s1. The summed E-state index contributed by atoms with van der Waals surface area (Å²) in [5.41, 5.74) is -0.925. The Balaban J connectivity index is 2.04. The summed E-state index contributed by atoms with van der Waals surface area (Å²) in [4.78, 5) is 38.1. The van der Waals surface area contributed by atoms with Crippen molar-refractivity contribution in [2.24, 2.45) is 0 Å². The highest BCUT2D eigenvalue weighted by Gasteiger charge is 2.29. The summed E-state index contributed by atoms with van der Waals surface area (Å²) in [7, 11) is 0. The zero-order valence-corrected chi connectivity index (χ0v) is 21.8. The summed E-state index contributed by atoms with van der Waals surface area (Å²) < 4.78 is 10.8. The Morgan fingerprint density at radius 1 is 0.941 bits per heavy atom. The minimum Gasteiger partial charge on any atom is -0.458 e. The number of benzene rings is 1. The van der Waals surface area contributed by atoms with Crippen LogP contribution in [0.3, 0.4) is 0 Å². The van der Waals surface area contributed by atoms with Crippen LogP contribution in [0.5, 0.6) is 0 Å². The van der Waals surface area contributed by atoms with Crippen molar-refractivity contribution in [3.05, 3.63) is 52.9 Å². The number of carbonyl (C=O) groups is 3. The van der Waals surface area contributed by atoms with Crippen LogP contribution >= 0.6 is 23.6 Å². The van der Waals surface area contributed by atoms with Gasteiger partial charge in [-0.15, -0.1) is 11.3 Å². The van der Waals surface area contributed by atoms with Gasteiger partial charge in [0.25, 0.3) is 5.91 Å². The van der Waals surface area contributed by atoms with E-state index in [1.54, 1.807) is 71.9 Å². The van der Waals surface area contributed by atoms with E-state index >= 15 is 0 Å². The molecule has 1 atom stereocenters. The van der Waals surface area contributed by atoms with Crippen LogP contribution in [0.2, 0.25) is 0 Å². The van der Waals surface area contributed by atoms with Crippen LogP contribution in [-0.2, 0) is 20.7 Å². The van der Waals surface area contributed by atoms with Crippen molar-refractivity contribution < 1.29 is 23.9 Å². The van der Waals surface area contributed by atoms with Gasteiger partial charge in [0.15, 0.2) is 5.11 Å². The van der Waals surface area contributed by atoms with Crippen molar-refractivity contribution >= 4 is 51.6 Å². The van der Waals surface area contributed by atoms with E-state index in [4.69, 9.17) is 21.7 Å². The smallest absolute Gasteiger partial charge is 0.408 e. The molecule has 2 amide bonds. The van der Waals surface area contributed by atoms with Crippen LogP contribution in [0.1, 0.15) is 56.8 Å². The number of carbonyl (C=O) groups excluding carboxylic acids is 3. The highest BCUT2D eigenvalue weighted by molar-refractivity contribution is 7.80. The predicted molar refractivity (Wildman–Crippen MR) is 137 cm³/mol. The van der Waals surface area contributed by atoms with Gasteiger partial charge in [0.05, 0.1) is 5.00 Å². The van der Waals surface area contributed by atoms with E-state index in [1.165, 1.54) is 11.3 Å². The van der Waals surface area contributed by atoms with Gasteiger partial charge in [-0.05, 0) is 78.0 Å². The molecule has 8 nitrogen and oxygen atoms in total. The lowest BCUT2D eigenvalue weighted by molar-refractivity contribution is -0.157. The van der Waals surface area contributed by atoms with Crippen molar-refractivity contribution in [2.75, 3.05) is 5.32 Å². The number of anilines is 1. The third-order valence-electron chi connectivity index (χ3n) is 3.95. The van der Waals surface area contributed by atoms with Crippen molar-refractivity contribution in [3.8, 4) is 0 Å². The third-order valence-corrected chi connectivity index (χ3v) is 5.18. The maximum Gasteiger partial charge on any atom is 0.408 e. The van der Waals surface area contributed by atoms with Crippen LogP contribution < -0.4 is 16.0 Å². The number of alkyl carbamates (subject to hydrolysis) is 1. The fourth-order valence-corrected chi connectivity index (χ4v) is 3.90. The quantitative estimate of drug-likeness (QED) is 0.388. The normalized spacial score (nSPS) is 12.3. The first kappa shape index (κ1) is 27.3. The largest absolute Gasteiger partial charge is 0.458 e. The Labute approximate surface area is 209 Å². The topological polar surface area (TPSA) is 106 Å². The van der Waals surface area contributed by atoms with Crippen molar-refractivity contribution in [3.63, 3.8) is 0 Å². The fraction of sp³-hybridized carbons (Fsp3) is 0.417. The van der Waals surface area contributed by atoms with Crippen molar-refractivity contribution in [1.29, 1.82) is 0 Å². The Morgan fingerprint density at radius 3 is 2.15 bits per heavy atom. The molecule has 1 aromatic carbocycles. The highest BCUT2D eigenvalue weighted by atomic mass is 32.1. The molecule has 1 heterocycles. The van der Waals surface area contributed by atoms with Crippen LogP contribution in [0.15, 0.2) is 42.5 Å². The molecule has 0 saturated carbocycles. The Morgan fingerprint density at radius 2 is 1.56 bits per heavy atom. The molecular formula is C24H31N3O5S2. The Bertz CT molecular complexity index is 1020. The van der Waals surface area contributed by atoms with Crippen molar-refractivity contribution in [1.82, 2.24) is 10.6 Å². The zero-order valence-electron chi connectivity index (χ0n) is 20.2. The van der Waals surface area contributed by atoms with Gasteiger partial charge in [-0.1, -0.05) is 18.2 Å². The van der Waals surface area contributed by atoms with Crippen LogP contribution in [0, 0.1) is 0 Å².